The second kappa shape index (κ2) is 7.10. The molecule has 1 aromatic heterocycles. The number of aromatic nitrogens is 3. The van der Waals surface area contributed by atoms with Crippen molar-refractivity contribution in [2.45, 2.75) is 25.4 Å². The topological polar surface area (TPSA) is 63.1 Å². The number of hydrogen-bond donors (Lipinski definition) is 1. The van der Waals surface area contributed by atoms with Gasteiger partial charge in [0.25, 0.3) is 5.91 Å². The van der Waals surface area contributed by atoms with Crippen LogP contribution in [0.1, 0.15) is 28.9 Å². The number of likely N-dealkylation sites (tertiary alicyclic amines) is 1. The van der Waals surface area contributed by atoms with Gasteiger partial charge in [0.15, 0.2) is 0 Å². The lowest BCUT2D eigenvalue weighted by atomic mass is 10.0. The molecule has 1 aromatic carbocycles. The van der Waals surface area contributed by atoms with Gasteiger partial charge in [-0.15, -0.1) is 0 Å². The smallest absolute Gasteiger partial charge is 0.251 e. The molecule has 0 aliphatic carbocycles. The Labute approximate surface area is 140 Å². The number of aryl methyl sites for hydroxylation is 1. The number of hydrogen-bond acceptors (Lipinski definition) is 4. The number of amides is 1. The second-order valence-electron chi connectivity index (χ2n) is 5.88. The summed E-state index contributed by atoms with van der Waals surface area (Å²) >= 11 is 5.85. The molecule has 2 heterocycles. The highest BCUT2D eigenvalue weighted by Gasteiger charge is 2.22. The first kappa shape index (κ1) is 16.0. The van der Waals surface area contributed by atoms with E-state index >= 15 is 0 Å². The van der Waals surface area contributed by atoms with Crippen molar-refractivity contribution in [1.29, 1.82) is 0 Å². The molecule has 1 unspecified atom stereocenters. The van der Waals surface area contributed by atoms with Gasteiger partial charge < -0.3 is 5.32 Å². The van der Waals surface area contributed by atoms with Gasteiger partial charge in [0, 0.05) is 36.8 Å². The summed E-state index contributed by atoms with van der Waals surface area (Å²) < 4.78 is 0. The standard InChI is InChI=1S/C16H20ClN5O/c1-21-18-9-15(20-21)11-22-8-2-3-14(10-22)19-16(23)12-4-6-13(17)7-5-12/h4-7,9,14H,2-3,8,10-11H2,1H3,(H,19,23). The highest BCUT2D eigenvalue weighted by molar-refractivity contribution is 6.30. The average molecular weight is 334 g/mol. The Morgan fingerprint density at radius 2 is 2.17 bits per heavy atom. The molecule has 0 bridgehead atoms. The van der Waals surface area contributed by atoms with E-state index in [-0.39, 0.29) is 11.9 Å². The molecule has 1 N–H and O–H groups in total. The van der Waals surface area contributed by atoms with Crippen LogP contribution in [-0.2, 0) is 13.6 Å². The molecular weight excluding hydrogens is 314 g/mol. The summed E-state index contributed by atoms with van der Waals surface area (Å²) in [4.78, 5) is 16.2. The molecule has 122 valence electrons. The third-order valence-corrected chi connectivity index (χ3v) is 4.23. The van der Waals surface area contributed by atoms with Crippen molar-refractivity contribution < 1.29 is 4.79 Å². The Kier molecular flexibility index (Phi) is 4.93. The van der Waals surface area contributed by atoms with E-state index in [1.54, 1.807) is 35.3 Å². The fraction of sp³-hybridized carbons (Fsp3) is 0.438. The van der Waals surface area contributed by atoms with Crippen LogP contribution in [0.3, 0.4) is 0 Å². The van der Waals surface area contributed by atoms with E-state index in [9.17, 15) is 4.79 Å². The zero-order chi connectivity index (χ0) is 16.2. The second-order valence-corrected chi connectivity index (χ2v) is 6.32. The molecule has 1 aliphatic rings. The molecular formula is C16H20ClN5O. The number of nitrogens with one attached hydrogen (secondary N) is 1. The number of nitrogens with zero attached hydrogens (tertiary/aromatic N) is 4. The lowest BCUT2D eigenvalue weighted by Crippen LogP contribution is -2.47. The molecule has 3 rings (SSSR count). The van der Waals surface area contributed by atoms with Crippen molar-refractivity contribution in [2.24, 2.45) is 7.05 Å². The number of benzene rings is 1. The Morgan fingerprint density at radius 1 is 1.39 bits per heavy atom. The van der Waals surface area contributed by atoms with Gasteiger partial charge in [-0.25, -0.2) is 0 Å². The summed E-state index contributed by atoms with van der Waals surface area (Å²) in [5.74, 6) is -0.0481. The summed E-state index contributed by atoms with van der Waals surface area (Å²) in [6, 6.07) is 7.12. The first-order valence-corrected chi connectivity index (χ1v) is 8.12. The van der Waals surface area contributed by atoms with Crippen molar-refractivity contribution in [2.75, 3.05) is 13.1 Å². The zero-order valence-electron chi connectivity index (χ0n) is 13.1. The van der Waals surface area contributed by atoms with Gasteiger partial charge in [-0.05, 0) is 43.7 Å². The first-order chi connectivity index (χ1) is 11.1. The monoisotopic (exact) mass is 333 g/mol. The van der Waals surface area contributed by atoms with Crippen LogP contribution in [0.5, 0.6) is 0 Å². The van der Waals surface area contributed by atoms with Crippen molar-refractivity contribution in [3.63, 3.8) is 0 Å². The van der Waals surface area contributed by atoms with Crippen LogP contribution in [0, 0.1) is 0 Å². The summed E-state index contributed by atoms with van der Waals surface area (Å²) in [7, 11) is 1.81. The number of halogens is 1. The maximum atomic E-state index is 12.3. The molecule has 1 saturated heterocycles. The van der Waals surface area contributed by atoms with E-state index in [1.165, 1.54) is 0 Å². The van der Waals surface area contributed by atoms with Gasteiger partial charge in [0.05, 0.1) is 11.9 Å². The lowest BCUT2D eigenvalue weighted by Gasteiger charge is -2.32. The summed E-state index contributed by atoms with van der Waals surface area (Å²) in [6.07, 6.45) is 3.85. The van der Waals surface area contributed by atoms with Crippen molar-refractivity contribution in [3.8, 4) is 0 Å². The summed E-state index contributed by atoms with van der Waals surface area (Å²) in [5.41, 5.74) is 1.60. The normalized spacial score (nSPS) is 18.8. The predicted molar refractivity (Wildman–Crippen MR) is 88.2 cm³/mol. The molecule has 0 radical (unpaired) electrons. The van der Waals surface area contributed by atoms with Gasteiger partial charge in [-0.3, -0.25) is 9.69 Å². The average Bonchev–Trinajstić information content (AvgIpc) is 2.93. The molecule has 7 heteroatoms. The highest BCUT2D eigenvalue weighted by atomic mass is 35.5. The first-order valence-electron chi connectivity index (χ1n) is 7.74. The van der Waals surface area contributed by atoms with Crippen molar-refractivity contribution in [1.82, 2.24) is 25.2 Å². The maximum Gasteiger partial charge on any atom is 0.251 e. The molecule has 2 aromatic rings. The predicted octanol–water partition coefficient (Wildman–Crippen LogP) is 1.86. The summed E-state index contributed by atoms with van der Waals surface area (Å²) in [6.45, 7) is 2.61. The molecule has 0 spiro atoms. The van der Waals surface area contributed by atoms with Gasteiger partial charge in [0.2, 0.25) is 0 Å². The minimum Gasteiger partial charge on any atom is -0.348 e. The number of carbonyl (C=O) groups excluding carboxylic acids is 1. The molecule has 1 amide bonds. The van der Waals surface area contributed by atoms with Gasteiger partial charge in [-0.2, -0.15) is 15.0 Å². The van der Waals surface area contributed by atoms with Crippen LogP contribution in [0.15, 0.2) is 30.5 Å². The van der Waals surface area contributed by atoms with E-state index in [0.717, 1.165) is 38.2 Å². The van der Waals surface area contributed by atoms with Gasteiger partial charge >= 0.3 is 0 Å². The zero-order valence-corrected chi connectivity index (χ0v) is 13.8. The lowest BCUT2D eigenvalue weighted by molar-refractivity contribution is 0.0900. The van der Waals surface area contributed by atoms with Crippen LogP contribution < -0.4 is 5.32 Å². The fourth-order valence-electron chi connectivity index (χ4n) is 2.88. The number of rotatable bonds is 4. The van der Waals surface area contributed by atoms with Crippen molar-refractivity contribution >= 4 is 17.5 Å². The maximum absolute atomic E-state index is 12.3. The van der Waals surface area contributed by atoms with E-state index < -0.39 is 0 Å². The third-order valence-electron chi connectivity index (χ3n) is 3.98. The molecule has 1 atom stereocenters. The van der Waals surface area contributed by atoms with Crippen LogP contribution in [0.25, 0.3) is 0 Å². The van der Waals surface area contributed by atoms with E-state index in [1.807, 2.05) is 7.05 Å². The van der Waals surface area contributed by atoms with Crippen LogP contribution in [0.2, 0.25) is 5.02 Å². The molecule has 1 aliphatic heterocycles. The SMILES string of the molecule is Cn1ncc(CN2CCCC(NC(=O)c3ccc(Cl)cc3)C2)n1. The van der Waals surface area contributed by atoms with Crippen LogP contribution in [-0.4, -0.2) is 44.9 Å². The Balaban J connectivity index is 1.55. The molecule has 6 nitrogen and oxygen atoms in total. The van der Waals surface area contributed by atoms with E-state index in [0.29, 0.717) is 10.6 Å². The van der Waals surface area contributed by atoms with E-state index in [2.05, 4.69) is 20.4 Å². The molecule has 0 saturated carbocycles. The van der Waals surface area contributed by atoms with Crippen LogP contribution in [0.4, 0.5) is 0 Å². The van der Waals surface area contributed by atoms with Gasteiger partial charge in [0.1, 0.15) is 0 Å². The quantitative estimate of drug-likeness (QED) is 0.927. The van der Waals surface area contributed by atoms with Gasteiger partial charge in [-0.1, -0.05) is 11.6 Å². The molecule has 23 heavy (non-hydrogen) atoms. The minimum atomic E-state index is -0.0481. The van der Waals surface area contributed by atoms with E-state index in [4.69, 9.17) is 11.6 Å². The Hall–Kier alpha value is -1.92. The largest absolute Gasteiger partial charge is 0.348 e. The highest BCUT2D eigenvalue weighted by Crippen LogP contribution is 2.14. The van der Waals surface area contributed by atoms with Crippen LogP contribution >= 0.6 is 11.6 Å². The van der Waals surface area contributed by atoms with Crippen molar-refractivity contribution in [3.05, 3.63) is 46.7 Å². The number of carbonyl (C=O) groups is 1. The Morgan fingerprint density at radius 3 is 2.87 bits per heavy atom. The Bertz CT molecular complexity index is 669. The minimum absolute atomic E-state index is 0.0481. The summed E-state index contributed by atoms with van der Waals surface area (Å²) in [5, 5.41) is 12.1. The molecule has 1 fully saturated rings. The number of piperidine rings is 1. The fourth-order valence-corrected chi connectivity index (χ4v) is 3.00. The third kappa shape index (κ3) is 4.30.